The van der Waals surface area contributed by atoms with Crippen molar-refractivity contribution in [1.29, 1.82) is 0 Å². The number of benzene rings is 1. The van der Waals surface area contributed by atoms with Gasteiger partial charge in [-0.25, -0.2) is 4.79 Å². The number of nitrogens with two attached hydrogens (primary N) is 1. The quantitative estimate of drug-likeness (QED) is 0.841. The second-order valence-corrected chi connectivity index (χ2v) is 3.86. The molecule has 2 aromatic rings. The molecule has 5 nitrogen and oxygen atoms in total. The molecule has 0 saturated carbocycles. The predicted octanol–water partition coefficient (Wildman–Crippen LogP) is 2.41. The highest BCUT2D eigenvalue weighted by atomic mass is 16.6. The molecular formula is C13H14N2O3. The average Bonchev–Trinajstić information content (AvgIpc) is 2.73. The highest BCUT2D eigenvalue weighted by Crippen LogP contribution is 2.28. The molecule has 2 N–H and O–H groups in total. The fourth-order valence-corrected chi connectivity index (χ4v) is 1.56. The maximum Gasteiger partial charge on any atom is 0.379 e. The topological polar surface area (TPSA) is 78.3 Å². The molecule has 0 radical (unpaired) electrons. The Balaban J connectivity index is 2.36. The molecule has 1 aromatic heterocycles. The number of nitrogen functional groups attached to an aromatic ring is 1. The van der Waals surface area contributed by atoms with Crippen molar-refractivity contribution in [2.24, 2.45) is 0 Å². The molecule has 0 atom stereocenters. The van der Waals surface area contributed by atoms with E-state index in [2.05, 4.69) is 5.16 Å². The van der Waals surface area contributed by atoms with Gasteiger partial charge in [0.2, 0.25) is 0 Å². The van der Waals surface area contributed by atoms with Crippen LogP contribution in [-0.4, -0.2) is 17.7 Å². The molecule has 18 heavy (non-hydrogen) atoms. The van der Waals surface area contributed by atoms with E-state index >= 15 is 0 Å². The van der Waals surface area contributed by atoms with E-state index in [9.17, 15) is 4.79 Å². The third kappa shape index (κ3) is 2.20. The van der Waals surface area contributed by atoms with Gasteiger partial charge in [-0.15, -0.1) is 0 Å². The molecule has 5 heteroatoms. The number of carbonyl (C=O) groups excluding carboxylic acids is 1. The van der Waals surface area contributed by atoms with E-state index in [4.69, 9.17) is 15.0 Å². The Hall–Kier alpha value is -2.30. The molecule has 0 bridgehead atoms. The maximum absolute atomic E-state index is 11.5. The predicted molar refractivity (Wildman–Crippen MR) is 67.0 cm³/mol. The minimum atomic E-state index is -0.596. The standard InChI is InChI=1S/C13H14N2O3/c1-3-17-13(16)12-10(14)11(15-18-12)9-6-4-8(2)5-7-9/h4-7H,3,14H2,1-2H3. The van der Waals surface area contributed by atoms with Gasteiger partial charge < -0.3 is 15.0 Å². The van der Waals surface area contributed by atoms with Gasteiger partial charge in [0.1, 0.15) is 11.4 Å². The summed E-state index contributed by atoms with van der Waals surface area (Å²) in [4.78, 5) is 11.5. The van der Waals surface area contributed by atoms with Gasteiger partial charge in [0, 0.05) is 5.56 Å². The Morgan fingerprint density at radius 2 is 2.06 bits per heavy atom. The summed E-state index contributed by atoms with van der Waals surface area (Å²) in [5.74, 6) is -0.645. The number of esters is 1. The number of ether oxygens (including phenoxy) is 1. The van der Waals surface area contributed by atoms with Crippen molar-refractivity contribution in [3.63, 3.8) is 0 Å². The van der Waals surface area contributed by atoms with Gasteiger partial charge in [-0.2, -0.15) is 0 Å². The summed E-state index contributed by atoms with van der Waals surface area (Å²) in [6, 6.07) is 7.62. The summed E-state index contributed by atoms with van der Waals surface area (Å²) in [5.41, 5.74) is 8.44. The van der Waals surface area contributed by atoms with Crippen molar-refractivity contribution in [3.8, 4) is 11.3 Å². The molecule has 0 aliphatic carbocycles. The van der Waals surface area contributed by atoms with Gasteiger partial charge in [-0.05, 0) is 13.8 Å². The van der Waals surface area contributed by atoms with Gasteiger partial charge in [0.25, 0.3) is 5.76 Å². The van der Waals surface area contributed by atoms with Gasteiger partial charge in [-0.3, -0.25) is 0 Å². The number of hydrogen-bond acceptors (Lipinski definition) is 5. The minimum Gasteiger partial charge on any atom is -0.460 e. The summed E-state index contributed by atoms with van der Waals surface area (Å²) < 4.78 is 9.77. The highest BCUT2D eigenvalue weighted by molar-refractivity contribution is 5.95. The van der Waals surface area contributed by atoms with Crippen molar-refractivity contribution < 1.29 is 14.1 Å². The van der Waals surface area contributed by atoms with E-state index in [-0.39, 0.29) is 18.1 Å². The zero-order valence-corrected chi connectivity index (χ0v) is 10.3. The first-order valence-corrected chi connectivity index (χ1v) is 5.62. The van der Waals surface area contributed by atoms with Crippen LogP contribution in [-0.2, 0) is 4.74 Å². The van der Waals surface area contributed by atoms with Crippen LogP contribution >= 0.6 is 0 Å². The number of rotatable bonds is 3. The zero-order chi connectivity index (χ0) is 13.1. The first kappa shape index (κ1) is 12.2. The van der Waals surface area contributed by atoms with Crippen LogP contribution in [0.25, 0.3) is 11.3 Å². The molecule has 0 spiro atoms. The molecule has 1 aromatic carbocycles. The van der Waals surface area contributed by atoms with Crippen molar-refractivity contribution in [3.05, 3.63) is 35.6 Å². The normalized spacial score (nSPS) is 10.3. The molecule has 94 valence electrons. The van der Waals surface area contributed by atoms with Crippen LogP contribution in [0, 0.1) is 6.92 Å². The van der Waals surface area contributed by atoms with E-state index in [0.717, 1.165) is 11.1 Å². The second kappa shape index (κ2) is 4.91. The Labute approximate surface area is 105 Å². The van der Waals surface area contributed by atoms with Gasteiger partial charge in [-0.1, -0.05) is 35.0 Å². The van der Waals surface area contributed by atoms with Crippen LogP contribution in [0.5, 0.6) is 0 Å². The molecule has 0 aliphatic rings. The largest absolute Gasteiger partial charge is 0.460 e. The van der Waals surface area contributed by atoms with E-state index in [1.165, 1.54) is 0 Å². The first-order chi connectivity index (χ1) is 8.63. The summed E-state index contributed by atoms with van der Waals surface area (Å²) in [7, 11) is 0. The number of nitrogens with zero attached hydrogens (tertiary/aromatic N) is 1. The van der Waals surface area contributed by atoms with Crippen LogP contribution in [0.15, 0.2) is 28.8 Å². The molecule has 2 rings (SSSR count). The van der Waals surface area contributed by atoms with Crippen molar-refractivity contribution in [2.75, 3.05) is 12.3 Å². The average molecular weight is 246 g/mol. The van der Waals surface area contributed by atoms with E-state index in [1.807, 2.05) is 31.2 Å². The second-order valence-electron chi connectivity index (χ2n) is 3.86. The molecule has 1 heterocycles. The lowest BCUT2D eigenvalue weighted by Crippen LogP contribution is -2.06. The number of aromatic nitrogens is 1. The smallest absolute Gasteiger partial charge is 0.379 e. The maximum atomic E-state index is 11.5. The van der Waals surface area contributed by atoms with E-state index < -0.39 is 5.97 Å². The Morgan fingerprint density at radius 1 is 1.39 bits per heavy atom. The number of carbonyl (C=O) groups is 1. The highest BCUT2D eigenvalue weighted by Gasteiger charge is 2.21. The fraction of sp³-hybridized carbons (Fsp3) is 0.231. The number of anilines is 1. The third-order valence-electron chi connectivity index (χ3n) is 2.51. The van der Waals surface area contributed by atoms with Crippen LogP contribution in [0.4, 0.5) is 5.69 Å². The van der Waals surface area contributed by atoms with Crippen LogP contribution in [0.2, 0.25) is 0 Å². The van der Waals surface area contributed by atoms with Gasteiger partial charge in [0.15, 0.2) is 0 Å². The van der Waals surface area contributed by atoms with Crippen LogP contribution in [0.3, 0.4) is 0 Å². The van der Waals surface area contributed by atoms with Gasteiger partial charge in [0.05, 0.1) is 6.61 Å². The summed E-state index contributed by atoms with van der Waals surface area (Å²) in [6.07, 6.45) is 0. The molecule has 0 fully saturated rings. The zero-order valence-electron chi connectivity index (χ0n) is 10.3. The van der Waals surface area contributed by atoms with Crippen molar-refractivity contribution >= 4 is 11.7 Å². The summed E-state index contributed by atoms with van der Waals surface area (Å²) in [6.45, 7) is 3.96. The minimum absolute atomic E-state index is 0.0487. The Kier molecular flexibility index (Phi) is 3.32. The molecule has 0 aliphatic heterocycles. The van der Waals surface area contributed by atoms with Gasteiger partial charge >= 0.3 is 5.97 Å². The molecule has 0 amide bonds. The monoisotopic (exact) mass is 246 g/mol. The lowest BCUT2D eigenvalue weighted by atomic mass is 10.1. The SMILES string of the molecule is CCOC(=O)c1onc(-c2ccc(C)cc2)c1N. The lowest BCUT2D eigenvalue weighted by Gasteiger charge is -1.99. The fourth-order valence-electron chi connectivity index (χ4n) is 1.56. The van der Waals surface area contributed by atoms with Crippen molar-refractivity contribution in [2.45, 2.75) is 13.8 Å². The Bertz CT molecular complexity index is 558. The van der Waals surface area contributed by atoms with Crippen molar-refractivity contribution in [1.82, 2.24) is 5.16 Å². The molecule has 0 saturated heterocycles. The first-order valence-electron chi connectivity index (χ1n) is 5.62. The lowest BCUT2D eigenvalue weighted by molar-refractivity contribution is 0.0481. The van der Waals surface area contributed by atoms with E-state index in [0.29, 0.717) is 5.69 Å². The van der Waals surface area contributed by atoms with Crippen LogP contribution < -0.4 is 5.73 Å². The van der Waals surface area contributed by atoms with E-state index in [1.54, 1.807) is 6.92 Å². The summed E-state index contributed by atoms with van der Waals surface area (Å²) in [5, 5.41) is 3.82. The van der Waals surface area contributed by atoms with Crippen LogP contribution in [0.1, 0.15) is 23.0 Å². The summed E-state index contributed by atoms with van der Waals surface area (Å²) >= 11 is 0. The molecule has 0 unspecified atom stereocenters. The number of hydrogen-bond donors (Lipinski definition) is 1. The number of aryl methyl sites for hydroxylation is 1. The third-order valence-corrected chi connectivity index (χ3v) is 2.51. The molecular weight excluding hydrogens is 232 g/mol. The Morgan fingerprint density at radius 3 is 2.67 bits per heavy atom.